The van der Waals surface area contributed by atoms with Crippen molar-refractivity contribution >= 4 is 40.6 Å². The second kappa shape index (κ2) is 14.6. The van der Waals surface area contributed by atoms with Gasteiger partial charge in [0.1, 0.15) is 18.6 Å². The molecule has 18 heteroatoms. The van der Waals surface area contributed by atoms with E-state index in [0.29, 0.717) is 11.3 Å². The van der Waals surface area contributed by atoms with Crippen LogP contribution in [0.25, 0.3) is 17.2 Å². The largest absolute Gasteiger partial charge is 0.504 e. The zero-order chi connectivity index (χ0) is 39.2. The molecule has 2 aliphatic rings. The molecule has 2 aromatic carbocycles. The van der Waals surface area contributed by atoms with Crippen LogP contribution in [0.3, 0.4) is 0 Å². The quantitative estimate of drug-likeness (QED) is 0.203. The van der Waals surface area contributed by atoms with Crippen molar-refractivity contribution in [2.24, 2.45) is 0 Å². The summed E-state index contributed by atoms with van der Waals surface area (Å²) in [6.45, 7) is 3.81. The number of methoxy groups -OCH3 is 1. The Hall–Kier alpha value is -5.55. The van der Waals surface area contributed by atoms with E-state index < -0.39 is 35.7 Å². The second-order valence-corrected chi connectivity index (χ2v) is 13.9. The van der Waals surface area contributed by atoms with Gasteiger partial charge in [0.25, 0.3) is 11.5 Å². The Kier molecular flexibility index (Phi) is 10.0. The molecular weight excluding hydrogens is 743 g/mol. The van der Waals surface area contributed by atoms with Gasteiger partial charge in [0.05, 0.1) is 33.3 Å². The number of fused-ring (bicyclic) bond motifs is 1. The van der Waals surface area contributed by atoms with Crippen LogP contribution in [0.4, 0.5) is 24.5 Å². The standard InChI is InChI=1S/C37H37ClF3N9O5/c1-4-27-30(47-14-16-48(17-15-47)33(53)29-31(52)21(2)42-20-43-29)34(54)50-35(45-32(46-50)22-6-8-23(9-7-22)36(55-3)12-5-13-36)49(27)19-28(51)44-26-11-10-24(18-25(26)38)37(39,40)41/h6-11,18,20,52H,4-5,12-17,19H2,1-3H3,(H,44,51). The van der Waals surface area contributed by atoms with E-state index in [1.165, 1.54) is 11.2 Å². The number of piperazine rings is 1. The normalized spacial score (nSPS) is 15.6. The van der Waals surface area contributed by atoms with Crippen molar-refractivity contribution in [1.82, 2.24) is 34.0 Å². The fraction of sp³-hybridized carbons (Fsp3) is 0.378. The first-order valence-electron chi connectivity index (χ1n) is 17.6. The average molecular weight is 780 g/mol. The summed E-state index contributed by atoms with van der Waals surface area (Å²) in [6, 6.07) is 10.2. The second-order valence-electron chi connectivity index (χ2n) is 13.5. The van der Waals surface area contributed by atoms with Crippen LogP contribution in [-0.4, -0.2) is 84.2 Å². The van der Waals surface area contributed by atoms with E-state index in [0.717, 1.165) is 47.5 Å². The Bertz CT molecular complexity index is 2350. The predicted molar refractivity (Wildman–Crippen MR) is 196 cm³/mol. The minimum absolute atomic E-state index is 0.0248. The van der Waals surface area contributed by atoms with Gasteiger partial charge >= 0.3 is 6.18 Å². The van der Waals surface area contributed by atoms with Crippen LogP contribution in [0, 0.1) is 6.92 Å². The number of hydrogen-bond acceptors (Lipinski definition) is 10. The fourth-order valence-corrected chi connectivity index (χ4v) is 7.34. The summed E-state index contributed by atoms with van der Waals surface area (Å²) < 4.78 is 48.3. The molecule has 2 N–H and O–H groups in total. The summed E-state index contributed by atoms with van der Waals surface area (Å²) in [5.41, 5.74) is 0.686. The number of benzene rings is 2. The lowest BCUT2D eigenvalue weighted by Gasteiger charge is -2.41. The van der Waals surface area contributed by atoms with Crippen LogP contribution >= 0.6 is 11.6 Å². The third-order valence-electron chi connectivity index (χ3n) is 10.3. The highest BCUT2D eigenvalue weighted by molar-refractivity contribution is 6.33. The van der Waals surface area contributed by atoms with Crippen molar-refractivity contribution in [2.75, 3.05) is 43.5 Å². The van der Waals surface area contributed by atoms with Crippen molar-refractivity contribution in [3.05, 3.63) is 92.4 Å². The molecule has 5 aromatic rings. The summed E-state index contributed by atoms with van der Waals surface area (Å²) >= 11 is 6.15. The first kappa shape index (κ1) is 37.8. The highest BCUT2D eigenvalue weighted by atomic mass is 35.5. The van der Waals surface area contributed by atoms with E-state index in [4.69, 9.17) is 21.3 Å². The van der Waals surface area contributed by atoms with E-state index >= 15 is 0 Å². The molecule has 7 rings (SSSR count). The monoisotopic (exact) mass is 779 g/mol. The molecule has 1 saturated carbocycles. The van der Waals surface area contributed by atoms with Crippen LogP contribution in [0.15, 0.2) is 53.6 Å². The van der Waals surface area contributed by atoms with E-state index in [-0.39, 0.29) is 83.3 Å². The number of alkyl halides is 3. The molecule has 0 radical (unpaired) electrons. The average Bonchev–Trinajstić information content (AvgIpc) is 3.60. The number of rotatable bonds is 9. The van der Waals surface area contributed by atoms with Crippen molar-refractivity contribution in [3.8, 4) is 17.1 Å². The third kappa shape index (κ3) is 6.97. The Morgan fingerprint density at radius 1 is 1.05 bits per heavy atom. The van der Waals surface area contributed by atoms with Gasteiger partial charge in [0.2, 0.25) is 11.7 Å². The number of nitrogens with one attached hydrogen (secondary N) is 1. The summed E-state index contributed by atoms with van der Waals surface area (Å²) in [4.78, 5) is 57.3. The summed E-state index contributed by atoms with van der Waals surface area (Å²) in [5.74, 6) is -1.11. The van der Waals surface area contributed by atoms with E-state index in [1.807, 2.05) is 36.1 Å². The van der Waals surface area contributed by atoms with Crippen molar-refractivity contribution in [3.63, 3.8) is 0 Å². The van der Waals surface area contributed by atoms with Crippen LogP contribution in [-0.2, 0) is 34.3 Å². The number of carbonyl (C=O) groups is 2. The molecule has 288 valence electrons. The predicted octanol–water partition coefficient (Wildman–Crippen LogP) is 5.22. The molecule has 0 bridgehead atoms. The lowest BCUT2D eigenvalue weighted by atomic mass is 9.75. The number of carbonyl (C=O) groups excluding carboxylic acids is 2. The summed E-state index contributed by atoms with van der Waals surface area (Å²) in [7, 11) is 1.69. The van der Waals surface area contributed by atoms with Gasteiger partial charge in [-0.15, -0.1) is 5.10 Å². The molecule has 2 amide bonds. The van der Waals surface area contributed by atoms with Crippen molar-refractivity contribution < 1.29 is 32.6 Å². The minimum atomic E-state index is -4.62. The maximum absolute atomic E-state index is 14.4. The van der Waals surface area contributed by atoms with Gasteiger partial charge in [-0.25, -0.2) is 9.97 Å². The molecular formula is C37H37ClF3N9O5. The van der Waals surface area contributed by atoms with Crippen LogP contribution < -0.4 is 15.8 Å². The van der Waals surface area contributed by atoms with Gasteiger partial charge < -0.3 is 29.5 Å². The zero-order valence-corrected chi connectivity index (χ0v) is 30.9. The lowest BCUT2D eigenvalue weighted by Crippen LogP contribution is -2.51. The number of hydrogen-bond donors (Lipinski definition) is 2. The number of halogens is 4. The third-order valence-corrected chi connectivity index (χ3v) is 10.7. The summed E-state index contributed by atoms with van der Waals surface area (Å²) in [5, 5.41) is 17.3. The molecule has 1 saturated heterocycles. The van der Waals surface area contributed by atoms with E-state index in [1.54, 1.807) is 18.6 Å². The Morgan fingerprint density at radius 3 is 2.36 bits per heavy atom. The number of nitrogens with zero attached hydrogens (tertiary/aromatic N) is 8. The lowest BCUT2D eigenvalue weighted by molar-refractivity contribution is -0.137. The zero-order valence-electron chi connectivity index (χ0n) is 30.2. The SMILES string of the molecule is CCc1c(N2CCN(C(=O)c3ncnc(C)c3O)CC2)c(=O)n2nc(-c3ccc(C4(OC)CCC4)cc3)nc2n1CC(=O)Nc1ccc(C(F)(F)F)cc1Cl. The van der Waals surface area contributed by atoms with Crippen LogP contribution in [0.1, 0.15) is 59.2 Å². The van der Waals surface area contributed by atoms with Gasteiger partial charge in [0, 0.05) is 38.9 Å². The maximum Gasteiger partial charge on any atom is 0.416 e. The van der Waals surface area contributed by atoms with E-state index in [2.05, 4.69) is 20.4 Å². The van der Waals surface area contributed by atoms with Crippen molar-refractivity contribution in [1.29, 1.82) is 0 Å². The fourth-order valence-electron chi connectivity index (χ4n) is 7.12. The maximum atomic E-state index is 14.4. The van der Waals surface area contributed by atoms with Gasteiger partial charge in [-0.3, -0.25) is 14.4 Å². The number of amides is 2. The Labute approximate surface area is 317 Å². The molecule has 1 aliphatic heterocycles. The van der Waals surface area contributed by atoms with Gasteiger partial charge in [0.15, 0.2) is 17.3 Å². The number of aromatic hydroxyl groups is 1. The van der Waals surface area contributed by atoms with Gasteiger partial charge in [-0.2, -0.15) is 22.7 Å². The van der Waals surface area contributed by atoms with Crippen LogP contribution in [0.5, 0.6) is 5.75 Å². The molecule has 14 nitrogen and oxygen atoms in total. The molecule has 4 heterocycles. The number of anilines is 2. The highest BCUT2D eigenvalue weighted by Crippen LogP contribution is 2.44. The Balaban J connectivity index is 1.25. The van der Waals surface area contributed by atoms with Crippen LogP contribution in [0.2, 0.25) is 5.02 Å². The molecule has 0 unspecified atom stereocenters. The molecule has 0 atom stereocenters. The summed E-state index contributed by atoms with van der Waals surface area (Å²) in [6.07, 6.45) is -0.267. The molecule has 2 fully saturated rings. The first-order valence-corrected chi connectivity index (χ1v) is 18.0. The van der Waals surface area contributed by atoms with Crippen molar-refractivity contribution in [2.45, 2.75) is 57.9 Å². The smallest absolute Gasteiger partial charge is 0.416 e. The Morgan fingerprint density at radius 2 is 1.76 bits per heavy atom. The van der Waals surface area contributed by atoms with Gasteiger partial charge in [-0.05, 0) is 56.4 Å². The molecule has 55 heavy (non-hydrogen) atoms. The number of aromatic nitrogens is 6. The highest BCUT2D eigenvalue weighted by Gasteiger charge is 2.39. The molecule has 1 aliphatic carbocycles. The number of ether oxygens (including phenoxy) is 1. The topological polar surface area (TPSA) is 160 Å². The molecule has 3 aromatic heterocycles. The first-order chi connectivity index (χ1) is 26.2. The number of aryl methyl sites for hydroxylation is 1. The minimum Gasteiger partial charge on any atom is -0.504 e. The molecule has 0 spiro atoms. The van der Waals surface area contributed by atoms with Gasteiger partial charge in [-0.1, -0.05) is 42.8 Å². The van der Waals surface area contributed by atoms with E-state index in [9.17, 15) is 32.7 Å².